The summed E-state index contributed by atoms with van der Waals surface area (Å²) in [6, 6.07) is 0. The van der Waals surface area contributed by atoms with Crippen molar-refractivity contribution in [2.45, 2.75) is 26.7 Å². The summed E-state index contributed by atoms with van der Waals surface area (Å²) in [6.07, 6.45) is 2.63. The van der Waals surface area contributed by atoms with E-state index in [1.807, 2.05) is 0 Å². The topological polar surface area (TPSA) is 34.1 Å². The molecule has 12 heavy (non-hydrogen) atoms. The van der Waals surface area contributed by atoms with E-state index in [0.29, 0.717) is 18.1 Å². The summed E-state index contributed by atoms with van der Waals surface area (Å²) in [5.74, 6) is 0.948. The van der Waals surface area contributed by atoms with Gasteiger partial charge in [0, 0.05) is 18.3 Å². The maximum absolute atomic E-state index is 11.4. The molecule has 2 nitrogen and oxygen atoms in total. The molecule has 2 saturated carbocycles. The summed E-state index contributed by atoms with van der Waals surface area (Å²) < 4.78 is 0. The summed E-state index contributed by atoms with van der Waals surface area (Å²) >= 11 is 0. The third-order valence-electron chi connectivity index (χ3n) is 4.02. The van der Waals surface area contributed by atoms with E-state index < -0.39 is 0 Å². The largest absolute Gasteiger partial charge is 0.303 e. The Labute approximate surface area is 72.3 Å². The highest BCUT2D eigenvalue weighted by Crippen LogP contribution is 2.66. The molecule has 0 radical (unpaired) electrons. The van der Waals surface area contributed by atoms with Crippen LogP contribution in [0.4, 0.5) is 0 Å². The molecule has 66 valence electrons. The lowest BCUT2D eigenvalue weighted by atomic mass is 9.80. The molecule has 4 atom stereocenters. The van der Waals surface area contributed by atoms with Gasteiger partial charge in [0.25, 0.3) is 0 Å². The van der Waals surface area contributed by atoms with E-state index in [1.165, 1.54) is 0 Å². The molecule has 0 N–H and O–H groups in total. The van der Waals surface area contributed by atoms with Crippen molar-refractivity contribution in [3.63, 3.8) is 0 Å². The van der Waals surface area contributed by atoms with Gasteiger partial charge in [-0.1, -0.05) is 13.8 Å². The van der Waals surface area contributed by atoms with Crippen LogP contribution in [0.2, 0.25) is 0 Å². The SMILES string of the molecule is CC1CCC(=O)C2C(C=O)C12C. The average molecular weight is 166 g/mol. The molecule has 2 heteroatoms. The van der Waals surface area contributed by atoms with Crippen LogP contribution in [-0.4, -0.2) is 12.1 Å². The highest BCUT2D eigenvalue weighted by atomic mass is 16.1. The number of Topliss-reactive ketones (excluding diaryl/α,β-unsaturated/α-hetero) is 1. The second-order valence-corrected chi connectivity index (χ2v) is 4.41. The summed E-state index contributed by atoms with van der Waals surface area (Å²) in [7, 11) is 0. The van der Waals surface area contributed by atoms with Gasteiger partial charge in [0.1, 0.15) is 12.1 Å². The summed E-state index contributed by atoms with van der Waals surface area (Å²) in [5, 5.41) is 0. The van der Waals surface area contributed by atoms with Crippen molar-refractivity contribution in [2.75, 3.05) is 0 Å². The highest BCUT2D eigenvalue weighted by Gasteiger charge is 2.68. The van der Waals surface area contributed by atoms with Gasteiger partial charge in [0.2, 0.25) is 0 Å². The van der Waals surface area contributed by atoms with Crippen LogP contribution in [-0.2, 0) is 9.59 Å². The summed E-state index contributed by atoms with van der Waals surface area (Å²) in [6.45, 7) is 4.24. The van der Waals surface area contributed by atoms with Gasteiger partial charge in [-0.3, -0.25) is 4.79 Å². The summed E-state index contributed by atoms with van der Waals surface area (Å²) in [4.78, 5) is 22.1. The van der Waals surface area contributed by atoms with Crippen molar-refractivity contribution in [2.24, 2.45) is 23.2 Å². The molecular formula is C10H14O2. The van der Waals surface area contributed by atoms with Crippen molar-refractivity contribution in [3.8, 4) is 0 Å². The molecule has 0 heterocycles. The zero-order valence-corrected chi connectivity index (χ0v) is 7.54. The number of rotatable bonds is 1. The fourth-order valence-corrected chi connectivity index (χ4v) is 2.80. The normalized spacial score (nSPS) is 51.5. The van der Waals surface area contributed by atoms with Crippen molar-refractivity contribution in [3.05, 3.63) is 0 Å². The van der Waals surface area contributed by atoms with Crippen molar-refractivity contribution in [1.29, 1.82) is 0 Å². The second kappa shape index (κ2) is 2.18. The van der Waals surface area contributed by atoms with Crippen LogP contribution >= 0.6 is 0 Å². The van der Waals surface area contributed by atoms with Gasteiger partial charge < -0.3 is 4.79 Å². The maximum Gasteiger partial charge on any atom is 0.137 e. The van der Waals surface area contributed by atoms with Gasteiger partial charge in [-0.15, -0.1) is 0 Å². The van der Waals surface area contributed by atoms with E-state index >= 15 is 0 Å². The van der Waals surface area contributed by atoms with Gasteiger partial charge in [0.05, 0.1) is 0 Å². The molecule has 2 fully saturated rings. The number of carbonyl (C=O) groups excluding carboxylic acids is 2. The fourth-order valence-electron chi connectivity index (χ4n) is 2.80. The zero-order chi connectivity index (χ0) is 8.93. The van der Waals surface area contributed by atoms with Gasteiger partial charge in [0.15, 0.2) is 0 Å². The first-order valence-electron chi connectivity index (χ1n) is 4.60. The monoisotopic (exact) mass is 166 g/mol. The Hall–Kier alpha value is -0.660. The number of fused-ring (bicyclic) bond motifs is 1. The van der Waals surface area contributed by atoms with Gasteiger partial charge in [-0.2, -0.15) is 0 Å². The minimum absolute atomic E-state index is 0.0249. The summed E-state index contributed by atoms with van der Waals surface area (Å²) in [5.41, 5.74) is 0.0249. The quantitative estimate of drug-likeness (QED) is 0.552. The Morgan fingerprint density at radius 3 is 2.75 bits per heavy atom. The lowest BCUT2D eigenvalue weighted by Crippen LogP contribution is -2.22. The van der Waals surface area contributed by atoms with E-state index in [-0.39, 0.29) is 17.3 Å². The predicted molar refractivity (Wildman–Crippen MR) is 44.6 cm³/mol. The molecule has 0 aliphatic heterocycles. The van der Waals surface area contributed by atoms with Crippen LogP contribution in [0.15, 0.2) is 0 Å². The highest BCUT2D eigenvalue weighted by molar-refractivity contribution is 5.91. The van der Waals surface area contributed by atoms with E-state index in [2.05, 4.69) is 13.8 Å². The van der Waals surface area contributed by atoms with Crippen LogP contribution in [0.5, 0.6) is 0 Å². The molecule has 2 rings (SSSR count). The Bertz CT molecular complexity index is 246. The fraction of sp³-hybridized carbons (Fsp3) is 0.800. The second-order valence-electron chi connectivity index (χ2n) is 4.41. The first kappa shape index (κ1) is 7.96. The number of ketones is 1. The average Bonchev–Trinajstić information content (AvgIpc) is 2.67. The molecule has 2 aliphatic rings. The molecule has 0 aromatic heterocycles. The van der Waals surface area contributed by atoms with Gasteiger partial charge in [-0.25, -0.2) is 0 Å². The number of hydrogen-bond acceptors (Lipinski definition) is 2. The Balaban J connectivity index is 2.28. The molecule has 0 saturated heterocycles. The number of carbonyl (C=O) groups is 2. The predicted octanol–water partition coefficient (Wildman–Crippen LogP) is 1.44. The molecule has 0 spiro atoms. The molecule has 0 amide bonds. The molecule has 4 unspecified atom stereocenters. The van der Waals surface area contributed by atoms with Crippen molar-refractivity contribution in [1.82, 2.24) is 0 Å². The van der Waals surface area contributed by atoms with E-state index in [0.717, 1.165) is 12.7 Å². The van der Waals surface area contributed by atoms with Crippen molar-refractivity contribution >= 4 is 12.1 Å². The van der Waals surface area contributed by atoms with Crippen LogP contribution in [0.1, 0.15) is 26.7 Å². The molecule has 2 aliphatic carbocycles. The number of aldehydes is 1. The van der Waals surface area contributed by atoms with Crippen LogP contribution in [0.3, 0.4) is 0 Å². The van der Waals surface area contributed by atoms with Crippen LogP contribution in [0.25, 0.3) is 0 Å². The molecular weight excluding hydrogens is 152 g/mol. The first-order valence-corrected chi connectivity index (χ1v) is 4.60. The van der Waals surface area contributed by atoms with E-state index in [9.17, 15) is 9.59 Å². The Morgan fingerprint density at radius 1 is 1.58 bits per heavy atom. The minimum Gasteiger partial charge on any atom is -0.303 e. The lowest BCUT2D eigenvalue weighted by molar-refractivity contribution is -0.123. The van der Waals surface area contributed by atoms with Gasteiger partial charge >= 0.3 is 0 Å². The van der Waals surface area contributed by atoms with Gasteiger partial charge in [-0.05, 0) is 17.8 Å². The number of hydrogen-bond donors (Lipinski definition) is 0. The first-order chi connectivity index (χ1) is 5.62. The zero-order valence-electron chi connectivity index (χ0n) is 7.54. The lowest BCUT2D eigenvalue weighted by Gasteiger charge is -2.24. The minimum atomic E-state index is 0.0249. The van der Waals surface area contributed by atoms with Crippen LogP contribution in [0, 0.1) is 23.2 Å². The standard InChI is InChI=1S/C10H14O2/c1-6-3-4-8(12)9-7(5-11)10(6,9)2/h5-7,9H,3-4H2,1-2H3. The smallest absolute Gasteiger partial charge is 0.137 e. The van der Waals surface area contributed by atoms with Crippen molar-refractivity contribution < 1.29 is 9.59 Å². The molecule has 0 bridgehead atoms. The third kappa shape index (κ3) is 0.706. The Morgan fingerprint density at radius 2 is 2.25 bits per heavy atom. The Kier molecular flexibility index (Phi) is 1.45. The molecule has 0 aromatic carbocycles. The van der Waals surface area contributed by atoms with Crippen LogP contribution < -0.4 is 0 Å². The molecule has 0 aromatic rings. The van der Waals surface area contributed by atoms with E-state index in [4.69, 9.17) is 0 Å². The van der Waals surface area contributed by atoms with E-state index in [1.54, 1.807) is 0 Å². The maximum atomic E-state index is 11.4. The third-order valence-corrected chi connectivity index (χ3v) is 4.02.